The summed E-state index contributed by atoms with van der Waals surface area (Å²) in [5.74, 6) is -1.09. The zero-order chi connectivity index (χ0) is 29.1. The molecule has 42 heavy (non-hydrogen) atoms. The lowest BCUT2D eigenvalue weighted by atomic mass is 9.77. The van der Waals surface area contributed by atoms with Crippen LogP contribution in [0.1, 0.15) is 44.1 Å². The van der Waals surface area contributed by atoms with Crippen molar-refractivity contribution in [3.63, 3.8) is 0 Å². The second-order valence-electron chi connectivity index (χ2n) is 11.3. The van der Waals surface area contributed by atoms with Gasteiger partial charge in [0.2, 0.25) is 11.7 Å². The number of nitrogens with one attached hydrogen (secondary N) is 1. The van der Waals surface area contributed by atoms with E-state index in [9.17, 15) is 19.1 Å². The number of carbonyl (C=O) groups excluding carboxylic acids is 1. The molecule has 1 aromatic heterocycles. The van der Waals surface area contributed by atoms with Crippen LogP contribution in [0.25, 0.3) is 34.0 Å². The predicted octanol–water partition coefficient (Wildman–Crippen LogP) is 5.94. The van der Waals surface area contributed by atoms with E-state index >= 15 is 0 Å². The molecule has 9 heteroatoms. The fourth-order valence-electron chi connectivity index (χ4n) is 6.00. The van der Waals surface area contributed by atoms with Crippen LogP contribution in [0.2, 0.25) is 0 Å². The maximum Gasteiger partial charge on any atom is 0.319 e. The minimum absolute atomic E-state index is 0.0990. The number of halogens is 1. The Bertz CT molecular complexity index is 1560. The molecule has 1 saturated carbocycles. The number of carboxylic acids is 1. The smallest absolute Gasteiger partial charge is 0.319 e. The van der Waals surface area contributed by atoms with Gasteiger partial charge in [-0.25, -0.2) is 4.39 Å². The fraction of sp³-hybridized carbons (Fsp3) is 0.333. The molecule has 0 radical (unpaired) electrons. The van der Waals surface area contributed by atoms with Gasteiger partial charge >= 0.3 is 5.97 Å². The first-order valence-corrected chi connectivity index (χ1v) is 14.5. The van der Waals surface area contributed by atoms with E-state index < -0.39 is 11.4 Å². The lowest BCUT2D eigenvalue weighted by Gasteiger charge is -2.38. The van der Waals surface area contributed by atoms with E-state index in [1.807, 2.05) is 54.6 Å². The van der Waals surface area contributed by atoms with Crippen LogP contribution in [0.15, 0.2) is 77.3 Å². The fourth-order valence-corrected chi connectivity index (χ4v) is 6.00. The quantitative estimate of drug-likeness (QED) is 0.254. The van der Waals surface area contributed by atoms with Gasteiger partial charge in [-0.05, 0) is 48.9 Å². The molecule has 0 atom stereocenters. The molecule has 2 fully saturated rings. The summed E-state index contributed by atoms with van der Waals surface area (Å²) in [6, 6.07) is 22.1. The van der Waals surface area contributed by atoms with Crippen molar-refractivity contribution in [1.82, 2.24) is 20.4 Å². The van der Waals surface area contributed by atoms with E-state index in [0.717, 1.165) is 42.4 Å². The number of benzene rings is 3. The Kier molecular flexibility index (Phi) is 7.84. The lowest BCUT2D eigenvalue weighted by molar-refractivity contribution is -0.159. The number of aromatic nitrogens is 2. The van der Waals surface area contributed by atoms with Crippen LogP contribution in [-0.4, -0.2) is 51.2 Å². The molecule has 6 rings (SSSR count). The third kappa shape index (κ3) is 5.69. The van der Waals surface area contributed by atoms with Crippen molar-refractivity contribution < 1.29 is 23.6 Å². The highest BCUT2D eigenvalue weighted by Crippen LogP contribution is 2.34. The van der Waals surface area contributed by atoms with E-state index in [2.05, 4.69) is 20.4 Å². The highest BCUT2D eigenvalue weighted by molar-refractivity contribution is 6.02. The highest BCUT2D eigenvalue weighted by atomic mass is 19.1. The molecule has 2 N–H and O–H groups in total. The Balaban J connectivity index is 1.07. The normalized spacial score (nSPS) is 17.3. The highest BCUT2D eigenvalue weighted by Gasteiger charge is 2.48. The number of hydrogen-bond acceptors (Lipinski definition) is 6. The van der Waals surface area contributed by atoms with Crippen LogP contribution in [0.4, 0.5) is 4.39 Å². The Morgan fingerprint density at radius 3 is 2.31 bits per heavy atom. The summed E-state index contributed by atoms with van der Waals surface area (Å²) >= 11 is 0. The molecule has 1 saturated heterocycles. The van der Waals surface area contributed by atoms with Gasteiger partial charge in [-0.1, -0.05) is 78.7 Å². The average Bonchev–Trinajstić information content (AvgIpc) is 3.71. The SMILES string of the molecule is O=C(O)C1(C(=O)NC2CCCC2)CCN(Cc2ccc(-c3noc(-c4ccc(-c5ccccc5)c(F)c4)n3)cc2)CC1. The zero-order valence-corrected chi connectivity index (χ0v) is 23.3. The summed E-state index contributed by atoms with van der Waals surface area (Å²) in [5.41, 5.74) is 2.26. The third-order valence-electron chi connectivity index (χ3n) is 8.59. The Morgan fingerprint density at radius 1 is 0.952 bits per heavy atom. The summed E-state index contributed by atoms with van der Waals surface area (Å²) in [4.78, 5) is 31.8. The van der Waals surface area contributed by atoms with Crippen LogP contribution in [0, 0.1) is 11.2 Å². The molecule has 3 aromatic carbocycles. The molecule has 2 heterocycles. The van der Waals surface area contributed by atoms with E-state index in [4.69, 9.17) is 4.52 Å². The molecule has 2 aliphatic rings. The van der Waals surface area contributed by atoms with Crippen molar-refractivity contribution in [3.8, 4) is 34.0 Å². The number of likely N-dealkylation sites (tertiary alicyclic amines) is 1. The van der Waals surface area contributed by atoms with Crippen LogP contribution < -0.4 is 5.32 Å². The van der Waals surface area contributed by atoms with Crippen molar-refractivity contribution in [2.24, 2.45) is 5.41 Å². The second kappa shape index (κ2) is 11.9. The van der Waals surface area contributed by atoms with Gasteiger partial charge < -0.3 is 14.9 Å². The standard InChI is InChI=1S/C33H33FN4O4/c34-28-20-25(14-15-27(28)23-6-2-1-3-7-23)30-36-29(37-42-30)24-12-10-22(11-13-24)21-38-18-16-33(17-19-38,32(40)41)31(39)35-26-8-4-5-9-26/h1-3,6-7,10-15,20,26H,4-5,8-9,16-19,21H2,(H,35,39)(H,40,41). The first-order valence-electron chi connectivity index (χ1n) is 14.5. The number of rotatable bonds is 8. The van der Waals surface area contributed by atoms with Gasteiger partial charge in [0.15, 0.2) is 0 Å². The summed E-state index contributed by atoms with van der Waals surface area (Å²) in [6.07, 6.45) is 4.59. The van der Waals surface area contributed by atoms with Gasteiger partial charge in [0, 0.05) is 42.4 Å². The van der Waals surface area contributed by atoms with Crippen molar-refractivity contribution in [1.29, 1.82) is 0 Å². The maximum absolute atomic E-state index is 14.8. The first-order chi connectivity index (χ1) is 20.4. The summed E-state index contributed by atoms with van der Waals surface area (Å²) < 4.78 is 20.3. The van der Waals surface area contributed by atoms with E-state index in [0.29, 0.717) is 36.6 Å². The van der Waals surface area contributed by atoms with Gasteiger partial charge in [-0.15, -0.1) is 0 Å². The molecule has 0 bridgehead atoms. The molecule has 8 nitrogen and oxygen atoms in total. The van der Waals surface area contributed by atoms with Gasteiger partial charge in [0.05, 0.1) is 0 Å². The Hall–Kier alpha value is -4.37. The Labute approximate surface area is 243 Å². The van der Waals surface area contributed by atoms with Crippen molar-refractivity contribution in [2.45, 2.75) is 51.1 Å². The molecule has 1 aliphatic heterocycles. The molecular weight excluding hydrogens is 535 g/mol. The molecule has 216 valence electrons. The van der Waals surface area contributed by atoms with Crippen molar-refractivity contribution in [3.05, 3.63) is 84.2 Å². The molecular formula is C33H33FN4O4. The average molecular weight is 569 g/mol. The molecule has 0 spiro atoms. The van der Waals surface area contributed by atoms with Gasteiger partial charge in [0.1, 0.15) is 11.2 Å². The van der Waals surface area contributed by atoms with E-state index in [-0.39, 0.29) is 36.5 Å². The third-order valence-corrected chi connectivity index (χ3v) is 8.59. The van der Waals surface area contributed by atoms with E-state index in [1.54, 1.807) is 12.1 Å². The molecule has 4 aromatic rings. The maximum atomic E-state index is 14.8. The predicted molar refractivity (Wildman–Crippen MR) is 156 cm³/mol. The molecule has 1 aliphatic carbocycles. The summed E-state index contributed by atoms with van der Waals surface area (Å²) in [5, 5.41) is 17.1. The number of carboxylic acid groups (broad SMARTS) is 1. The van der Waals surface area contributed by atoms with Gasteiger partial charge in [-0.3, -0.25) is 14.5 Å². The zero-order valence-electron chi connectivity index (χ0n) is 23.3. The van der Waals surface area contributed by atoms with Crippen molar-refractivity contribution in [2.75, 3.05) is 13.1 Å². The van der Waals surface area contributed by atoms with Crippen molar-refractivity contribution >= 4 is 11.9 Å². The lowest BCUT2D eigenvalue weighted by Crippen LogP contribution is -2.54. The molecule has 1 amide bonds. The molecule has 0 unspecified atom stereocenters. The monoisotopic (exact) mass is 568 g/mol. The van der Waals surface area contributed by atoms with Crippen LogP contribution in [0.3, 0.4) is 0 Å². The number of hydrogen-bond donors (Lipinski definition) is 2. The largest absolute Gasteiger partial charge is 0.480 e. The second-order valence-corrected chi connectivity index (χ2v) is 11.3. The summed E-state index contributed by atoms with van der Waals surface area (Å²) in [7, 11) is 0. The number of nitrogens with zero attached hydrogens (tertiary/aromatic N) is 3. The van der Waals surface area contributed by atoms with Crippen LogP contribution in [-0.2, 0) is 16.1 Å². The van der Waals surface area contributed by atoms with E-state index in [1.165, 1.54) is 6.07 Å². The van der Waals surface area contributed by atoms with Gasteiger partial charge in [-0.2, -0.15) is 4.98 Å². The van der Waals surface area contributed by atoms with Crippen LogP contribution >= 0.6 is 0 Å². The summed E-state index contributed by atoms with van der Waals surface area (Å²) in [6.45, 7) is 1.70. The number of piperidine rings is 1. The number of carbonyl (C=O) groups is 2. The van der Waals surface area contributed by atoms with Crippen LogP contribution in [0.5, 0.6) is 0 Å². The Morgan fingerprint density at radius 2 is 1.64 bits per heavy atom. The van der Waals surface area contributed by atoms with Gasteiger partial charge in [0.25, 0.3) is 5.89 Å². The first kappa shape index (κ1) is 27.8. The topological polar surface area (TPSA) is 109 Å². The minimum Gasteiger partial charge on any atom is -0.480 e. The number of amides is 1. The minimum atomic E-state index is -1.36. The number of aliphatic carboxylic acids is 1.